The monoisotopic (exact) mass is 509 g/mol. The van der Waals surface area contributed by atoms with E-state index in [2.05, 4.69) is 24.1 Å². The maximum Gasteiger partial charge on any atom is 0.272 e. The minimum atomic E-state index is -0.771. The first-order valence-corrected chi connectivity index (χ1v) is 13.3. The van der Waals surface area contributed by atoms with Crippen LogP contribution < -0.4 is 5.32 Å². The highest BCUT2D eigenvalue weighted by molar-refractivity contribution is 5.92. The molecule has 0 spiro atoms. The number of carbonyl (C=O) groups is 2. The highest BCUT2D eigenvalue weighted by atomic mass is 19.1. The van der Waals surface area contributed by atoms with Gasteiger partial charge in [-0.05, 0) is 85.6 Å². The van der Waals surface area contributed by atoms with Crippen molar-refractivity contribution in [3.8, 4) is 0 Å². The van der Waals surface area contributed by atoms with Crippen LogP contribution in [0.3, 0.4) is 0 Å². The molecule has 1 saturated carbocycles. The second-order valence-electron chi connectivity index (χ2n) is 10.8. The first kappa shape index (κ1) is 26.8. The van der Waals surface area contributed by atoms with Gasteiger partial charge in [0.1, 0.15) is 5.82 Å². The van der Waals surface area contributed by atoms with E-state index in [-0.39, 0.29) is 23.6 Å². The third-order valence-corrected chi connectivity index (χ3v) is 8.13. The van der Waals surface area contributed by atoms with Gasteiger partial charge in [0, 0.05) is 30.8 Å². The Kier molecular flexibility index (Phi) is 8.56. The number of hydrogen-bond acceptors (Lipinski definition) is 4. The molecule has 2 aromatic rings. The Bertz CT molecular complexity index is 1120. The summed E-state index contributed by atoms with van der Waals surface area (Å²) in [6.07, 6.45) is 6.01. The largest absolute Gasteiger partial charge is 0.342 e. The fourth-order valence-electron chi connectivity index (χ4n) is 5.73. The molecule has 8 heteroatoms. The lowest BCUT2D eigenvalue weighted by Gasteiger charge is -2.37. The van der Waals surface area contributed by atoms with Gasteiger partial charge in [0.2, 0.25) is 11.8 Å². The number of carbonyl (C=O) groups excluding carboxylic acids is 2. The summed E-state index contributed by atoms with van der Waals surface area (Å²) >= 11 is 0. The van der Waals surface area contributed by atoms with Crippen LogP contribution in [0.2, 0.25) is 0 Å². The number of nitrogens with zero attached hydrogens (tertiary/aromatic N) is 2. The fourth-order valence-corrected chi connectivity index (χ4v) is 5.73. The Morgan fingerprint density at radius 1 is 1.03 bits per heavy atom. The molecule has 7 nitrogen and oxygen atoms in total. The van der Waals surface area contributed by atoms with Gasteiger partial charge in [-0.1, -0.05) is 26.0 Å². The van der Waals surface area contributed by atoms with Crippen LogP contribution >= 0.6 is 0 Å². The summed E-state index contributed by atoms with van der Waals surface area (Å²) in [7, 11) is 0. The predicted octanol–water partition coefficient (Wildman–Crippen LogP) is 6.08. The summed E-state index contributed by atoms with van der Waals surface area (Å²) in [5.41, 5.74) is 1.56. The van der Waals surface area contributed by atoms with Gasteiger partial charge in [0.05, 0.1) is 17.4 Å². The minimum absolute atomic E-state index is 0.106. The van der Waals surface area contributed by atoms with Crippen LogP contribution in [0.15, 0.2) is 42.5 Å². The average Bonchev–Trinajstić information content (AvgIpc) is 2.90. The van der Waals surface area contributed by atoms with E-state index in [0.29, 0.717) is 23.4 Å². The van der Waals surface area contributed by atoms with Crippen molar-refractivity contribution in [1.29, 1.82) is 0 Å². The van der Waals surface area contributed by atoms with Crippen LogP contribution in [0.5, 0.6) is 0 Å². The van der Waals surface area contributed by atoms with Gasteiger partial charge >= 0.3 is 0 Å². The molecule has 1 aliphatic carbocycles. The van der Waals surface area contributed by atoms with Crippen molar-refractivity contribution in [3.63, 3.8) is 0 Å². The number of nitro groups is 1. The van der Waals surface area contributed by atoms with Gasteiger partial charge in [-0.3, -0.25) is 19.7 Å². The highest BCUT2D eigenvalue weighted by Crippen LogP contribution is 2.36. The van der Waals surface area contributed by atoms with E-state index < -0.39 is 16.6 Å². The van der Waals surface area contributed by atoms with Crippen LogP contribution in [0.4, 0.5) is 15.8 Å². The number of halogens is 1. The number of anilines is 1. The van der Waals surface area contributed by atoms with Gasteiger partial charge in [-0.15, -0.1) is 0 Å². The predicted molar refractivity (Wildman–Crippen MR) is 141 cm³/mol. The van der Waals surface area contributed by atoms with E-state index in [9.17, 15) is 24.1 Å². The average molecular weight is 510 g/mol. The molecule has 0 bridgehead atoms. The van der Waals surface area contributed by atoms with Crippen LogP contribution in [-0.2, 0) is 16.0 Å². The van der Waals surface area contributed by atoms with Crippen molar-refractivity contribution in [1.82, 2.24) is 4.90 Å². The van der Waals surface area contributed by atoms with Crippen molar-refractivity contribution in [2.45, 2.75) is 64.7 Å². The lowest BCUT2D eigenvalue weighted by Crippen LogP contribution is -2.42. The second kappa shape index (κ2) is 11.8. The molecule has 2 fully saturated rings. The van der Waals surface area contributed by atoms with E-state index >= 15 is 0 Å². The summed E-state index contributed by atoms with van der Waals surface area (Å²) in [6.45, 7) is 6.13. The van der Waals surface area contributed by atoms with Crippen molar-refractivity contribution < 1.29 is 18.9 Å². The topological polar surface area (TPSA) is 92.6 Å². The van der Waals surface area contributed by atoms with Crippen LogP contribution in [0, 0.1) is 33.7 Å². The molecule has 1 N–H and O–H groups in total. The third kappa shape index (κ3) is 6.73. The Balaban J connectivity index is 1.25. The lowest BCUT2D eigenvalue weighted by molar-refractivity contribution is -0.385. The number of rotatable bonds is 7. The van der Waals surface area contributed by atoms with Crippen LogP contribution in [-0.4, -0.2) is 34.7 Å². The number of hydrogen-bond donors (Lipinski definition) is 1. The fraction of sp³-hybridized carbons (Fsp3) is 0.517. The molecule has 0 atom stereocenters. The molecule has 0 radical (unpaired) electrons. The molecule has 0 aromatic heterocycles. The number of nitrogens with one attached hydrogen (secondary N) is 1. The van der Waals surface area contributed by atoms with Crippen molar-refractivity contribution in [2.24, 2.45) is 17.8 Å². The molecule has 1 heterocycles. The molecule has 1 saturated heterocycles. The summed E-state index contributed by atoms with van der Waals surface area (Å²) in [5, 5.41) is 13.5. The standard InChI is InChI=1S/C29H36FN3O4/c1-19(2)20-3-5-23(6-4-20)29(35)32-15-13-22(14-16-32)21-7-10-25(11-8-21)31-28(34)17-24-9-12-26(33(36)37)18-27(24)30/h7-12,18-20,22-23H,3-6,13-17H2,1-2H3,(H,31,34). The van der Waals surface area contributed by atoms with E-state index in [1.54, 1.807) is 0 Å². The molecule has 2 amide bonds. The molecule has 2 aliphatic rings. The summed E-state index contributed by atoms with van der Waals surface area (Å²) in [5.74, 6) is 1.19. The zero-order chi connectivity index (χ0) is 26.5. The highest BCUT2D eigenvalue weighted by Gasteiger charge is 2.32. The molecule has 1 aliphatic heterocycles. The summed E-state index contributed by atoms with van der Waals surface area (Å²) < 4.78 is 14.1. The molecular weight excluding hydrogens is 473 g/mol. The van der Waals surface area contributed by atoms with Gasteiger partial charge in [0.15, 0.2) is 0 Å². The minimum Gasteiger partial charge on any atom is -0.342 e. The zero-order valence-corrected chi connectivity index (χ0v) is 21.6. The first-order chi connectivity index (χ1) is 17.7. The molecule has 4 rings (SSSR count). The molecule has 0 unspecified atom stereocenters. The normalized spacial score (nSPS) is 20.6. The van der Waals surface area contributed by atoms with E-state index in [0.717, 1.165) is 63.6 Å². The van der Waals surface area contributed by atoms with Crippen molar-refractivity contribution >= 4 is 23.2 Å². The molecule has 37 heavy (non-hydrogen) atoms. The number of non-ortho nitro benzene ring substituents is 1. The number of likely N-dealkylation sites (tertiary alicyclic amines) is 1. The number of amides is 2. The van der Waals surface area contributed by atoms with E-state index in [4.69, 9.17) is 0 Å². The van der Waals surface area contributed by atoms with Crippen LogP contribution in [0.1, 0.15) is 69.4 Å². The maximum atomic E-state index is 14.1. The maximum absolute atomic E-state index is 14.1. The number of nitro benzene ring substituents is 1. The zero-order valence-electron chi connectivity index (χ0n) is 21.6. The number of piperidine rings is 1. The Morgan fingerprint density at radius 2 is 1.68 bits per heavy atom. The van der Waals surface area contributed by atoms with Crippen molar-refractivity contribution in [2.75, 3.05) is 18.4 Å². The van der Waals surface area contributed by atoms with Crippen LogP contribution in [0.25, 0.3) is 0 Å². The molecule has 2 aromatic carbocycles. The SMILES string of the molecule is CC(C)C1CCC(C(=O)N2CCC(c3ccc(NC(=O)Cc4ccc([N+](=O)[O-])cc4F)cc3)CC2)CC1. The lowest BCUT2D eigenvalue weighted by atomic mass is 9.76. The summed E-state index contributed by atoms with van der Waals surface area (Å²) in [6, 6.07) is 11.0. The Hall–Kier alpha value is -3.29. The molecular formula is C29H36FN3O4. The molecule has 198 valence electrons. The van der Waals surface area contributed by atoms with Crippen molar-refractivity contribution in [3.05, 3.63) is 69.5 Å². The van der Waals surface area contributed by atoms with E-state index in [1.165, 1.54) is 17.7 Å². The van der Waals surface area contributed by atoms with E-state index in [1.807, 2.05) is 24.3 Å². The number of benzene rings is 2. The van der Waals surface area contributed by atoms with Gasteiger partial charge in [-0.2, -0.15) is 0 Å². The first-order valence-electron chi connectivity index (χ1n) is 13.3. The van der Waals surface area contributed by atoms with Gasteiger partial charge in [0.25, 0.3) is 5.69 Å². The summed E-state index contributed by atoms with van der Waals surface area (Å²) in [4.78, 5) is 37.6. The van der Waals surface area contributed by atoms with Gasteiger partial charge in [-0.25, -0.2) is 4.39 Å². The third-order valence-electron chi connectivity index (χ3n) is 8.13. The Morgan fingerprint density at radius 3 is 2.24 bits per heavy atom. The smallest absolute Gasteiger partial charge is 0.272 e. The van der Waals surface area contributed by atoms with Gasteiger partial charge < -0.3 is 10.2 Å². The second-order valence-corrected chi connectivity index (χ2v) is 10.8. The Labute approximate surface area is 217 Å². The quantitative estimate of drug-likeness (QED) is 0.361.